The lowest BCUT2D eigenvalue weighted by atomic mass is 10.3. The summed E-state index contributed by atoms with van der Waals surface area (Å²) in [5.74, 6) is 1.34. The van der Waals surface area contributed by atoms with Crippen molar-refractivity contribution in [3.8, 4) is 0 Å². The third-order valence-corrected chi connectivity index (χ3v) is 3.27. The number of rotatable bonds is 12. The topological polar surface area (TPSA) is 35.5 Å². The molecule has 6 heteroatoms. The van der Waals surface area contributed by atoms with Gasteiger partial charge in [-0.2, -0.15) is 0 Å². The van der Waals surface area contributed by atoms with Crippen molar-refractivity contribution in [1.82, 2.24) is 0 Å². The van der Waals surface area contributed by atoms with Crippen LogP contribution in [0.25, 0.3) is 0 Å². The van der Waals surface area contributed by atoms with Gasteiger partial charge in [-0.25, -0.2) is 0 Å². The number of unbranched alkanes of at least 4 members (excludes halogenated alkanes) is 4. The molecule has 0 aromatic rings. The number of hydrogen-bond donors (Lipinski definition) is 0. The Morgan fingerprint density at radius 2 is 1.19 bits per heavy atom. The zero-order valence-corrected chi connectivity index (χ0v) is 11.9. The van der Waals surface area contributed by atoms with Crippen molar-refractivity contribution in [3.05, 3.63) is 0 Å². The van der Waals surface area contributed by atoms with Gasteiger partial charge in [0.15, 0.2) is 0 Å². The van der Waals surface area contributed by atoms with Gasteiger partial charge in [-0.1, -0.05) is 0 Å². The van der Waals surface area contributed by atoms with Crippen LogP contribution in [0.15, 0.2) is 0 Å². The molecule has 96 valence electrons. The van der Waals surface area contributed by atoms with E-state index in [0.29, 0.717) is 25.0 Å². The van der Waals surface area contributed by atoms with E-state index in [2.05, 4.69) is 0 Å². The second-order valence-corrected chi connectivity index (χ2v) is 5.11. The van der Waals surface area contributed by atoms with E-state index < -0.39 is 8.25 Å². The molecule has 0 saturated carbocycles. The van der Waals surface area contributed by atoms with Gasteiger partial charge in [0.25, 0.3) is 0 Å². The van der Waals surface area contributed by atoms with E-state index in [0.717, 1.165) is 38.5 Å². The average Bonchev–Trinajstić information content (AvgIpc) is 2.28. The molecule has 3 nitrogen and oxygen atoms in total. The molecule has 0 aliphatic rings. The molecule has 0 aromatic heterocycles. The normalized spacial score (nSPS) is 10.6. The summed E-state index contributed by atoms with van der Waals surface area (Å²) in [6, 6.07) is 0. The summed E-state index contributed by atoms with van der Waals surface area (Å²) in [7, 11) is -1.94. The predicted octanol–water partition coefficient (Wildman–Crippen LogP) is 4.50. The van der Waals surface area contributed by atoms with Crippen molar-refractivity contribution in [2.75, 3.05) is 25.0 Å². The first-order valence-corrected chi connectivity index (χ1v) is 7.82. The maximum atomic E-state index is 11.2. The Kier molecular flexibility index (Phi) is 14.2. The van der Waals surface area contributed by atoms with E-state index in [1.54, 1.807) is 0 Å². The fraction of sp³-hybridized carbons (Fsp3) is 1.00. The molecule has 0 aliphatic heterocycles. The number of halogens is 2. The minimum Gasteiger partial charge on any atom is -0.127 e. The minimum absolute atomic E-state index is 0.480. The summed E-state index contributed by atoms with van der Waals surface area (Å²) >= 11 is 11.0. The summed E-state index contributed by atoms with van der Waals surface area (Å²) in [4.78, 5) is 0. The van der Waals surface area contributed by atoms with Gasteiger partial charge < -0.3 is 0 Å². The first-order valence-electron chi connectivity index (χ1n) is 5.66. The monoisotopic (exact) mass is 289 g/mol. The Balaban J connectivity index is 3.12. The van der Waals surface area contributed by atoms with Crippen LogP contribution in [0.1, 0.15) is 38.5 Å². The van der Waals surface area contributed by atoms with Crippen LogP contribution in [0.2, 0.25) is 0 Å². The predicted molar refractivity (Wildman–Crippen MR) is 68.7 cm³/mol. The van der Waals surface area contributed by atoms with Gasteiger partial charge in [-0.05, 0) is 38.5 Å². The van der Waals surface area contributed by atoms with Gasteiger partial charge in [0, 0.05) is 16.3 Å². The molecule has 0 saturated heterocycles. The molecule has 0 N–H and O–H groups in total. The molecule has 0 fully saturated rings. The van der Waals surface area contributed by atoms with Gasteiger partial charge in [-0.15, -0.1) is 32.2 Å². The van der Waals surface area contributed by atoms with Crippen LogP contribution < -0.4 is 0 Å². The van der Waals surface area contributed by atoms with E-state index in [9.17, 15) is 4.57 Å². The highest BCUT2D eigenvalue weighted by atomic mass is 35.5. The lowest BCUT2D eigenvalue weighted by Crippen LogP contribution is -1.92. The Bertz CT molecular complexity index is 154. The maximum absolute atomic E-state index is 11.2. The highest BCUT2D eigenvalue weighted by Crippen LogP contribution is 2.24. The maximum Gasteiger partial charge on any atom is 0.697 e. The molecule has 0 rings (SSSR count). The molecule has 0 radical (unpaired) electrons. The third-order valence-electron chi connectivity index (χ3n) is 1.95. The van der Waals surface area contributed by atoms with Crippen LogP contribution >= 0.6 is 31.5 Å². The first kappa shape index (κ1) is 16.6. The van der Waals surface area contributed by atoms with Gasteiger partial charge in [0.2, 0.25) is 0 Å². The second kappa shape index (κ2) is 13.7. The molecular formula is C10H20Cl2O3P+. The van der Waals surface area contributed by atoms with Crippen LogP contribution in [0.5, 0.6) is 0 Å². The van der Waals surface area contributed by atoms with Gasteiger partial charge in [-0.3, -0.25) is 0 Å². The van der Waals surface area contributed by atoms with Crippen molar-refractivity contribution >= 4 is 31.5 Å². The Labute approximate surface area is 109 Å². The molecule has 0 atom stereocenters. The Hall–Kier alpha value is 0.600. The Morgan fingerprint density at radius 1 is 0.750 bits per heavy atom. The Morgan fingerprint density at radius 3 is 1.56 bits per heavy atom. The van der Waals surface area contributed by atoms with Crippen LogP contribution in [0.4, 0.5) is 0 Å². The smallest absolute Gasteiger partial charge is 0.127 e. The zero-order valence-electron chi connectivity index (χ0n) is 9.50. The summed E-state index contributed by atoms with van der Waals surface area (Å²) in [5, 5.41) is 0. The molecule has 0 aromatic carbocycles. The van der Waals surface area contributed by atoms with Crippen LogP contribution in [-0.4, -0.2) is 25.0 Å². The number of hydrogen-bond acceptors (Lipinski definition) is 3. The van der Waals surface area contributed by atoms with Gasteiger partial charge >= 0.3 is 8.25 Å². The van der Waals surface area contributed by atoms with E-state index in [4.69, 9.17) is 32.2 Å². The van der Waals surface area contributed by atoms with Crippen LogP contribution in [0, 0.1) is 0 Å². The van der Waals surface area contributed by atoms with Crippen LogP contribution in [-0.2, 0) is 13.6 Å². The van der Waals surface area contributed by atoms with Crippen molar-refractivity contribution in [2.24, 2.45) is 0 Å². The summed E-state index contributed by atoms with van der Waals surface area (Å²) in [6.07, 6.45) is 5.71. The standard InChI is InChI=1S/C10H20Cl2O3P/c11-7-3-1-5-9-14-16(13)15-10-6-2-4-8-12/h1-10H2/q+1. The summed E-state index contributed by atoms with van der Waals surface area (Å²) in [6.45, 7) is 0.960. The largest absolute Gasteiger partial charge is 0.697 e. The molecular weight excluding hydrogens is 270 g/mol. The van der Waals surface area contributed by atoms with Crippen molar-refractivity contribution < 1.29 is 13.6 Å². The SMILES string of the molecule is O=[P+](OCCCCCCl)OCCCCCCl. The van der Waals surface area contributed by atoms with Crippen LogP contribution in [0.3, 0.4) is 0 Å². The molecule has 0 spiro atoms. The minimum atomic E-state index is -1.94. The molecule has 0 unspecified atom stereocenters. The quantitative estimate of drug-likeness (QED) is 0.302. The fourth-order valence-electron chi connectivity index (χ4n) is 1.06. The summed E-state index contributed by atoms with van der Waals surface area (Å²) < 4.78 is 21.2. The molecule has 0 bridgehead atoms. The highest BCUT2D eigenvalue weighted by molar-refractivity contribution is 7.33. The van der Waals surface area contributed by atoms with Crippen molar-refractivity contribution in [1.29, 1.82) is 0 Å². The number of alkyl halides is 2. The third kappa shape index (κ3) is 12.7. The molecule has 0 amide bonds. The zero-order chi connectivity index (χ0) is 12.1. The first-order chi connectivity index (χ1) is 7.81. The van der Waals surface area contributed by atoms with E-state index >= 15 is 0 Å². The van der Waals surface area contributed by atoms with E-state index in [1.807, 2.05) is 0 Å². The van der Waals surface area contributed by atoms with Crippen molar-refractivity contribution in [3.63, 3.8) is 0 Å². The molecule has 0 heterocycles. The highest BCUT2D eigenvalue weighted by Gasteiger charge is 2.18. The van der Waals surface area contributed by atoms with E-state index in [-0.39, 0.29) is 0 Å². The van der Waals surface area contributed by atoms with Gasteiger partial charge in [0.05, 0.1) is 0 Å². The van der Waals surface area contributed by atoms with Gasteiger partial charge in [0.1, 0.15) is 13.2 Å². The second-order valence-electron chi connectivity index (χ2n) is 3.39. The van der Waals surface area contributed by atoms with E-state index in [1.165, 1.54) is 0 Å². The molecule has 0 aliphatic carbocycles. The lowest BCUT2D eigenvalue weighted by molar-refractivity contribution is 0.219. The molecule has 16 heavy (non-hydrogen) atoms. The summed E-state index contributed by atoms with van der Waals surface area (Å²) in [5.41, 5.74) is 0. The lowest BCUT2D eigenvalue weighted by Gasteiger charge is -1.94. The average molecular weight is 290 g/mol. The van der Waals surface area contributed by atoms with Crippen molar-refractivity contribution in [2.45, 2.75) is 38.5 Å². The fourth-order valence-corrected chi connectivity index (χ4v) is 2.07.